The maximum Gasteiger partial charge on any atom is 0.149 e. The van der Waals surface area contributed by atoms with Crippen LogP contribution in [0, 0.1) is 6.92 Å². The average molecular weight is 346 g/mol. The van der Waals surface area contributed by atoms with Crippen LogP contribution < -0.4 is 5.32 Å². The largest absolute Gasteiger partial charge is 0.458 e. The molecule has 3 aromatic rings. The second kappa shape index (κ2) is 5.82. The van der Waals surface area contributed by atoms with Crippen molar-refractivity contribution in [3.05, 3.63) is 46.1 Å². The second-order valence-corrected chi connectivity index (χ2v) is 6.35. The first-order valence-corrected chi connectivity index (χ1v) is 8.26. The number of rotatable bonds is 4. The molecule has 0 saturated carbocycles. The van der Waals surface area contributed by atoms with E-state index in [0.717, 1.165) is 28.8 Å². The summed E-state index contributed by atoms with van der Waals surface area (Å²) in [4.78, 5) is 0. The van der Waals surface area contributed by atoms with Crippen LogP contribution in [0.3, 0.4) is 0 Å². The van der Waals surface area contributed by atoms with E-state index in [1.165, 1.54) is 21.7 Å². The number of aryl methyl sites for hydroxylation is 1. The highest BCUT2D eigenvalue weighted by Crippen LogP contribution is 2.38. The quantitative estimate of drug-likeness (QED) is 0.654. The van der Waals surface area contributed by atoms with Gasteiger partial charge in [-0.2, -0.15) is 0 Å². The van der Waals surface area contributed by atoms with Gasteiger partial charge < -0.3 is 9.73 Å². The fourth-order valence-corrected chi connectivity index (χ4v) is 3.50. The number of fused-ring (bicyclic) bond motifs is 2. The van der Waals surface area contributed by atoms with Crippen molar-refractivity contribution in [1.82, 2.24) is 5.32 Å². The van der Waals surface area contributed by atoms with Crippen molar-refractivity contribution in [2.45, 2.75) is 33.2 Å². The van der Waals surface area contributed by atoms with Crippen molar-refractivity contribution in [1.29, 1.82) is 0 Å². The van der Waals surface area contributed by atoms with Gasteiger partial charge in [0.15, 0.2) is 0 Å². The summed E-state index contributed by atoms with van der Waals surface area (Å²) in [6.07, 6.45) is 1.12. The lowest BCUT2D eigenvalue weighted by Gasteiger charge is -2.11. The molecule has 0 aliphatic carbocycles. The lowest BCUT2D eigenvalue weighted by atomic mass is 10.0. The Labute approximate surface area is 133 Å². The monoisotopic (exact) mass is 345 g/mol. The van der Waals surface area contributed by atoms with E-state index >= 15 is 0 Å². The standard InChI is InChI=1S/C18H20BrNO/c1-4-9-20-12(3)17-11(2)15-10-13-7-5-6-8-14(13)16(19)18(15)21-17/h5-8,10,12,20H,4,9H2,1-3H3. The highest BCUT2D eigenvalue weighted by atomic mass is 79.9. The van der Waals surface area contributed by atoms with E-state index in [-0.39, 0.29) is 6.04 Å². The minimum Gasteiger partial charge on any atom is -0.458 e. The zero-order valence-corrected chi connectivity index (χ0v) is 14.3. The molecule has 110 valence electrons. The summed E-state index contributed by atoms with van der Waals surface area (Å²) < 4.78 is 7.24. The summed E-state index contributed by atoms with van der Waals surface area (Å²) in [6.45, 7) is 7.48. The minimum absolute atomic E-state index is 0.229. The van der Waals surface area contributed by atoms with E-state index in [2.05, 4.69) is 72.3 Å². The van der Waals surface area contributed by atoms with Crippen LogP contribution in [0.2, 0.25) is 0 Å². The van der Waals surface area contributed by atoms with Crippen LogP contribution in [-0.2, 0) is 0 Å². The van der Waals surface area contributed by atoms with Gasteiger partial charge in [0.1, 0.15) is 11.3 Å². The van der Waals surface area contributed by atoms with E-state index in [1.54, 1.807) is 0 Å². The predicted octanol–water partition coefficient (Wildman–Crippen LogP) is 5.72. The van der Waals surface area contributed by atoms with Gasteiger partial charge in [0.2, 0.25) is 0 Å². The van der Waals surface area contributed by atoms with Gasteiger partial charge in [-0.25, -0.2) is 0 Å². The summed E-state index contributed by atoms with van der Waals surface area (Å²) in [5.74, 6) is 1.04. The molecule has 0 radical (unpaired) electrons. The Morgan fingerprint density at radius 1 is 1.24 bits per heavy atom. The molecule has 1 unspecified atom stereocenters. The van der Waals surface area contributed by atoms with Crippen LogP contribution in [0.15, 0.2) is 39.2 Å². The van der Waals surface area contributed by atoms with Gasteiger partial charge in [-0.3, -0.25) is 0 Å². The smallest absolute Gasteiger partial charge is 0.149 e. The Hall–Kier alpha value is -1.32. The van der Waals surface area contributed by atoms with E-state index in [4.69, 9.17) is 4.42 Å². The number of halogens is 1. The van der Waals surface area contributed by atoms with Crippen molar-refractivity contribution >= 4 is 37.7 Å². The fourth-order valence-electron chi connectivity index (χ4n) is 2.85. The molecule has 1 heterocycles. The molecular formula is C18H20BrNO. The van der Waals surface area contributed by atoms with Gasteiger partial charge in [-0.05, 0) is 59.6 Å². The van der Waals surface area contributed by atoms with E-state index in [1.807, 2.05) is 0 Å². The molecule has 1 atom stereocenters. The van der Waals surface area contributed by atoms with Crippen molar-refractivity contribution in [2.24, 2.45) is 0 Å². The highest BCUT2D eigenvalue weighted by molar-refractivity contribution is 9.10. The Balaban J connectivity index is 2.19. The average Bonchev–Trinajstić information content (AvgIpc) is 2.83. The van der Waals surface area contributed by atoms with Crippen molar-refractivity contribution in [2.75, 3.05) is 6.54 Å². The van der Waals surface area contributed by atoms with Crippen molar-refractivity contribution < 1.29 is 4.42 Å². The van der Waals surface area contributed by atoms with Gasteiger partial charge >= 0.3 is 0 Å². The van der Waals surface area contributed by atoms with Crippen LogP contribution in [0.1, 0.15) is 37.6 Å². The molecule has 3 heteroatoms. The van der Waals surface area contributed by atoms with Crippen LogP contribution in [-0.4, -0.2) is 6.54 Å². The zero-order chi connectivity index (χ0) is 15.0. The zero-order valence-electron chi connectivity index (χ0n) is 12.7. The van der Waals surface area contributed by atoms with E-state index < -0.39 is 0 Å². The fraction of sp³-hybridized carbons (Fsp3) is 0.333. The third-order valence-electron chi connectivity index (χ3n) is 4.02. The van der Waals surface area contributed by atoms with Crippen molar-refractivity contribution in [3.63, 3.8) is 0 Å². The molecule has 0 bridgehead atoms. The topological polar surface area (TPSA) is 25.2 Å². The molecule has 0 spiro atoms. The molecule has 1 N–H and O–H groups in total. The first-order valence-electron chi connectivity index (χ1n) is 7.47. The number of nitrogens with one attached hydrogen (secondary N) is 1. The lowest BCUT2D eigenvalue weighted by Crippen LogP contribution is -2.19. The first kappa shape index (κ1) is 14.6. The Bertz CT molecular complexity index is 791. The van der Waals surface area contributed by atoms with Gasteiger partial charge in [-0.1, -0.05) is 31.2 Å². The molecule has 3 rings (SSSR count). The Morgan fingerprint density at radius 3 is 2.76 bits per heavy atom. The maximum absolute atomic E-state index is 6.19. The molecule has 0 aliphatic rings. The molecule has 0 saturated heterocycles. The van der Waals surface area contributed by atoms with Crippen LogP contribution in [0.5, 0.6) is 0 Å². The summed E-state index contributed by atoms with van der Waals surface area (Å²) in [7, 11) is 0. The molecule has 2 aromatic carbocycles. The second-order valence-electron chi connectivity index (χ2n) is 5.56. The molecule has 0 fully saturated rings. The van der Waals surface area contributed by atoms with Gasteiger partial charge in [0.05, 0.1) is 10.5 Å². The molecule has 21 heavy (non-hydrogen) atoms. The highest BCUT2D eigenvalue weighted by Gasteiger charge is 2.19. The van der Waals surface area contributed by atoms with Crippen LogP contribution in [0.25, 0.3) is 21.7 Å². The van der Waals surface area contributed by atoms with Gasteiger partial charge in [-0.15, -0.1) is 0 Å². The lowest BCUT2D eigenvalue weighted by molar-refractivity contribution is 0.448. The van der Waals surface area contributed by atoms with Gasteiger partial charge in [0.25, 0.3) is 0 Å². The first-order chi connectivity index (χ1) is 10.1. The van der Waals surface area contributed by atoms with E-state index in [0.29, 0.717) is 0 Å². The predicted molar refractivity (Wildman–Crippen MR) is 92.9 cm³/mol. The van der Waals surface area contributed by atoms with Crippen LogP contribution in [0.4, 0.5) is 0 Å². The summed E-state index contributed by atoms with van der Waals surface area (Å²) in [5.41, 5.74) is 2.18. The van der Waals surface area contributed by atoms with Crippen LogP contribution >= 0.6 is 15.9 Å². The summed E-state index contributed by atoms with van der Waals surface area (Å²) >= 11 is 3.72. The Morgan fingerprint density at radius 2 is 2.00 bits per heavy atom. The van der Waals surface area contributed by atoms with E-state index in [9.17, 15) is 0 Å². The number of hydrogen-bond acceptors (Lipinski definition) is 2. The minimum atomic E-state index is 0.229. The summed E-state index contributed by atoms with van der Waals surface area (Å²) in [6, 6.07) is 10.8. The molecule has 0 amide bonds. The van der Waals surface area contributed by atoms with Crippen molar-refractivity contribution in [3.8, 4) is 0 Å². The number of hydrogen-bond donors (Lipinski definition) is 1. The molecular weight excluding hydrogens is 326 g/mol. The molecule has 1 aromatic heterocycles. The molecule has 0 aliphatic heterocycles. The third-order valence-corrected chi connectivity index (χ3v) is 4.81. The maximum atomic E-state index is 6.19. The number of furan rings is 1. The number of benzene rings is 2. The molecule has 2 nitrogen and oxygen atoms in total. The Kier molecular flexibility index (Phi) is 4.05. The SMILES string of the molecule is CCCNC(C)c1oc2c(Br)c3ccccc3cc2c1C. The third kappa shape index (κ3) is 2.49. The summed E-state index contributed by atoms with van der Waals surface area (Å²) in [5, 5.41) is 7.13. The normalized spacial score (nSPS) is 13.1. The van der Waals surface area contributed by atoms with Gasteiger partial charge in [0, 0.05) is 10.9 Å².